The molecule has 0 aromatic heterocycles. The second-order valence-electron chi connectivity index (χ2n) is 7.96. The Morgan fingerprint density at radius 1 is 1.10 bits per heavy atom. The van der Waals surface area contributed by atoms with Crippen LogP contribution in [0.1, 0.15) is 54.9 Å². The van der Waals surface area contributed by atoms with Gasteiger partial charge in [0.25, 0.3) is 5.91 Å². The van der Waals surface area contributed by atoms with E-state index in [0.29, 0.717) is 18.0 Å². The normalized spacial score (nSPS) is 20.7. The third-order valence-corrected chi connectivity index (χ3v) is 6.05. The van der Waals surface area contributed by atoms with Gasteiger partial charge < -0.3 is 14.5 Å². The summed E-state index contributed by atoms with van der Waals surface area (Å²) in [5.41, 5.74) is 2.42. The van der Waals surface area contributed by atoms with Crippen LogP contribution < -0.4 is 9.64 Å². The van der Waals surface area contributed by atoms with E-state index in [4.69, 9.17) is 4.74 Å². The van der Waals surface area contributed by atoms with Crippen molar-refractivity contribution in [2.24, 2.45) is 0 Å². The minimum atomic E-state index is -0.193. The molecule has 1 aliphatic carbocycles. The number of para-hydroxylation sites is 1. The van der Waals surface area contributed by atoms with Crippen LogP contribution >= 0.6 is 0 Å². The Bertz CT molecular complexity index is 905. The topological polar surface area (TPSA) is 49.9 Å². The molecule has 1 aliphatic heterocycles. The van der Waals surface area contributed by atoms with Crippen molar-refractivity contribution in [3.63, 3.8) is 0 Å². The maximum atomic E-state index is 13.3. The van der Waals surface area contributed by atoms with Crippen LogP contribution in [0, 0.1) is 0 Å². The summed E-state index contributed by atoms with van der Waals surface area (Å²) in [5.74, 6) is 0.680. The lowest BCUT2D eigenvalue weighted by molar-refractivity contribution is -0.133. The van der Waals surface area contributed by atoms with E-state index in [2.05, 4.69) is 0 Å². The van der Waals surface area contributed by atoms with Crippen molar-refractivity contribution in [1.29, 1.82) is 0 Å². The largest absolute Gasteiger partial charge is 0.497 e. The van der Waals surface area contributed by atoms with Gasteiger partial charge in [-0.3, -0.25) is 9.59 Å². The van der Waals surface area contributed by atoms with E-state index in [1.54, 1.807) is 31.4 Å². The van der Waals surface area contributed by atoms with Crippen molar-refractivity contribution < 1.29 is 14.3 Å². The van der Waals surface area contributed by atoms with Gasteiger partial charge in [-0.1, -0.05) is 18.2 Å². The number of amides is 2. The van der Waals surface area contributed by atoms with Gasteiger partial charge in [0.15, 0.2) is 0 Å². The summed E-state index contributed by atoms with van der Waals surface area (Å²) in [7, 11) is 1.61. The predicted molar refractivity (Wildman–Crippen MR) is 113 cm³/mol. The van der Waals surface area contributed by atoms with Crippen LogP contribution in [-0.2, 0) is 4.79 Å². The van der Waals surface area contributed by atoms with Crippen molar-refractivity contribution in [1.82, 2.24) is 4.90 Å². The van der Waals surface area contributed by atoms with Crippen LogP contribution in [-0.4, -0.2) is 42.5 Å². The maximum Gasteiger partial charge on any atom is 0.258 e. The molecule has 29 heavy (non-hydrogen) atoms. The van der Waals surface area contributed by atoms with E-state index in [-0.39, 0.29) is 23.8 Å². The summed E-state index contributed by atoms with van der Waals surface area (Å²) in [6, 6.07) is 15.4. The Kier molecular flexibility index (Phi) is 5.31. The van der Waals surface area contributed by atoms with Crippen LogP contribution in [0.15, 0.2) is 48.5 Å². The lowest BCUT2D eigenvalue weighted by atomic mass is 9.84. The van der Waals surface area contributed by atoms with Gasteiger partial charge in [0.05, 0.1) is 13.0 Å². The molecule has 1 heterocycles. The molecule has 2 amide bonds. The number of ether oxygens (including phenoxy) is 1. The van der Waals surface area contributed by atoms with E-state index >= 15 is 0 Å². The highest BCUT2D eigenvalue weighted by Crippen LogP contribution is 2.41. The number of nitrogens with zero attached hydrogens (tertiary/aromatic N) is 2. The van der Waals surface area contributed by atoms with Gasteiger partial charge in [-0.15, -0.1) is 0 Å². The number of benzene rings is 2. The molecular weight excluding hydrogens is 364 g/mol. The van der Waals surface area contributed by atoms with Crippen molar-refractivity contribution >= 4 is 17.5 Å². The number of hydrogen-bond donors (Lipinski definition) is 0. The van der Waals surface area contributed by atoms with Gasteiger partial charge in [-0.2, -0.15) is 0 Å². The third-order valence-electron chi connectivity index (χ3n) is 6.05. The van der Waals surface area contributed by atoms with Gasteiger partial charge in [0.2, 0.25) is 5.91 Å². The van der Waals surface area contributed by atoms with Crippen molar-refractivity contribution in [3.05, 3.63) is 59.7 Å². The molecule has 1 saturated carbocycles. The fourth-order valence-corrected chi connectivity index (χ4v) is 4.41. The Morgan fingerprint density at radius 2 is 1.79 bits per heavy atom. The van der Waals surface area contributed by atoms with Gasteiger partial charge in [0.1, 0.15) is 5.75 Å². The monoisotopic (exact) mass is 392 g/mol. The lowest BCUT2D eigenvalue weighted by Crippen LogP contribution is -2.47. The number of anilines is 1. The van der Waals surface area contributed by atoms with Gasteiger partial charge >= 0.3 is 0 Å². The summed E-state index contributed by atoms with van der Waals surface area (Å²) in [6.45, 7) is 4.82. The fourth-order valence-electron chi connectivity index (χ4n) is 4.41. The first-order chi connectivity index (χ1) is 14.0. The zero-order valence-corrected chi connectivity index (χ0v) is 17.3. The Balaban J connectivity index is 1.67. The highest BCUT2D eigenvalue weighted by atomic mass is 16.5. The number of carbonyl (C=O) groups excluding carboxylic acids is 2. The highest BCUT2D eigenvalue weighted by Gasteiger charge is 2.41. The molecule has 152 valence electrons. The SMILES string of the molecule is CCN(C(=O)C1CC(C)N(C(=O)c2ccc(OC)cc2)c2ccccc21)C1CC1. The second kappa shape index (κ2) is 7.90. The molecule has 0 spiro atoms. The standard InChI is InChI=1S/C24H28N2O3/c1-4-25(18-11-12-18)24(28)21-15-16(2)26(22-8-6-5-7-20(21)22)23(27)17-9-13-19(29-3)14-10-17/h5-10,13-14,16,18,21H,4,11-12,15H2,1-3H3. The predicted octanol–water partition coefficient (Wildman–Crippen LogP) is 4.23. The molecule has 1 fully saturated rings. The van der Waals surface area contributed by atoms with Gasteiger partial charge in [0, 0.05) is 29.9 Å². The van der Waals surface area contributed by atoms with Crippen LogP contribution in [0.25, 0.3) is 0 Å². The summed E-state index contributed by atoms with van der Waals surface area (Å²) in [5, 5.41) is 0. The van der Waals surface area contributed by atoms with E-state index in [0.717, 1.165) is 36.4 Å². The smallest absolute Gasteiger partial charge is 0.258 e. The number of carbonyl (C=O) groups is 2. The van der Waals surface area contributed by atoms with Crippen LogP contribution in [0.2, 0.25) is 0 Å². The average molecular weight is 392 g/mol. The van der Waals surface area contributed by atoms with Gasteiger partial charge in [-0.05, 0) is 69.0 Å². The minimum Gasteiger partial charge on any atom is -0.497 e. The number of fused-ring (bicyclic) bond motifs is 1. The van der Waals surface area contributed by atoms with Crippen LogP contribution in [0.4, 0.5) is 5.69 Å². The molecule has 2 aromatic rings. The number of likely N-dealkylation sites (N-methyl/N-ethyl adjacent to an activating group) is 1. The molecule has 2 atom stereocenters. The van der Waals surface area contributed by atoms with Crippen molar-refractivity contribution in [2.75, 3.05) is 18.6 Å². The van der Waals surface area contributed by atoms with Crippen molar-refractivity contribution in [2.45, 2.75) is 51.1 Å². The Morgan fingerprint density at radius 3 is 2.41 bits per heavy atom. The zero-order chi connectivity index (χ0) is 20.5. The molecule has 0 saturated heterocycles. The quantitative estimate of drug-likeness (QED) is 0.765. The summed E-state index contributed by atoms with van der Waals surface area (Å²) in [6.07, 6.45) is 2.85. The first kappa shape index (κ1) is 19.5. The van der Waals surface area contributed by atoms with Crippen LogP contribution in [0.3, 0.4) is 0 Å². The van der Waals surface area contributed by atoms with Crippen LogP contribution in [0.5, 0.6) is 5.75 Å². The minimum absolute atomic E-state index is 0.0481. The van der Waals surface area contributed by atoms with E-state index in [1.807, 2.05) is 47.9 Å². The zero-order valence-electron chi connectivity index (χ0n) is 17.3. The van der Waals surface area contributed by atoms with Crippen molar-refractivity contribution in [3.8, 4) is 5.75 Å². The van der Waals surface area contributed by atoms with E-state index < -0.39 is 0 Å². The molecule has 5 heteroatoms. The second-order valence-corrected chi connectivity index (χ2v) is 7.96. The lowest BCUT2D eigenvalue weighted by Gasteiger charge is -2.40. The summed E-state index contributed by atoms with van der Waals surface area (Å²) < 4.78 is 5.20. The fraction of sp³-hybridized carbons (Fsp3) is 0.417. The Hall–Kier alpha value is -2.82. The first-order valence-corrected chi connectivity index (χ1v) is 10.4. The molecule has 0 radical (unpaired) electrons. The highest BCUT2D eigenvalue weighted by molar-refractivity contribution is 6.08. The first-order valence-electron chi connectivity index (χ1n) is 10.4. The average Bonchev–Trinajstić information content (AvgIpc) is 3.58. The molecule has 4 rings (SSSR count). The Labute approximate surface area is 172 Å². The molecule has 0 N–H and O–H groups in total. The number of hydrogen-bond acceptors (Lipinski definition) is 3. The maximum absolute atomic E-state index is 13.3. The van der Waals surface area contributed by atoms with Gasteiger partial charge in [-0.25, -0.2) is 0 Å². The van der Waals surface area contributed by atoms with E-state index in [9.17, 15) is 9.59 Å². The molecule has 0 bridgehead atoms. The summed E-state index contributed by atoms with van der Waals surface area (Å²) >= 11 is 0. The molecule has 2 aromatic carbocycles. The molecule has 2 unspecified atom stereocenters. The number of rotatable bonds is 5. The third kappa shape index (κ3) is 3.61. The number of methoxy groups -OCH3 is 1. The van der Waals surface area contributed by atoms with E-state index in [1.165, 1.54) is 0 Å². The summed E-state index contributed by atoms with van der Waals surface area (Å²) in [4.78, 5) is 30.6. The molecular formula is C24H28N2O3. The molecule has 5 nitrogen and oxygen atoms in total. The molecule has 2 aliphatic rings.